The van der Waals surface area contributed by atoms with Crippen LogP contribution in [0.25, 0.3) is 11.2 Å². The average Bonchev–Trinajstić information content (AvgIpc) is 3.09. The Hall–Kier alpha value is -2.38. The zero-order valence-electron chi connectivity index (χ0n) is 19.8. The van der Waals surface area contributed by atoms with Crippen molar-refractivity contribution in [3.05, 3.63) is 16.7 Å². The van der Waals surface area contributed by atoms with Crippen molar-refractivity contribution >= 4 is 32.0 Å². The topological polar surface area (TPSA) is 125 Å². The fourth-order valence-electron chi connectivity index (χ4n) is 3.07. The van der Waals surface area contributed by atoms with Gasteiger partial charge in [-0.25, -0.2) is 14.6 Å². The van der Waals surface area contributed by atoms with Crippen LogP contribution in [0.2, 0.25) is 0 Å². The highest BCUT2D eigenvalue weighted by atomic mass is 31.2. The summed E-state index contributed by atoms with van der Waals surface area (Å²) in [6.45, 7) is 11.0. The summed E-state index contributed by atoms with van der Waals surface area (Å²) in [6.07, 6.45) is 3.19. The van der Waals surface area contributed by atoms with Gasteiger partial charge in [0.1, 0.15) is 0 Å². The quantitative estimate of drug-likeness (QED) is 0.220. The molecule has 0 fully saturated rings. The summed E-state index contributed by atoms with van der Waals surface area (Å²) in [5.74, 6) is 0.208. The van der Waals surface area contributed by atoms with Gasteiger partial charge >= 0.3 is 0 Å². The van der Waals surface area contributed by atoms with Gasteiger partial charge in [-0.05, 0) is 34.6 Å². The van der Waals surface area contributed by atoms with Crippen molar-refractivity contribution in [1.82, 2.24) is 29.1 Å². The molecule has 0 saturated carbocycles. The van der Waals surface area contributed by atoms with Crippen LogP contribution < -0.4 is 5.56 Å². The number of aromatic amines is 1. The average molecular weight is 465 g/mol. The number of hydrogen-bond acceptors (Lipinski definition) is 8. The van der Waals surface area contributed by atoms with E-state index in [1.807, 2.05) is 21.0 Å². The monoisotopic (exact) mass is 464 g/mol. The molecule has 0 saturated heterocycles. The van der Waals surface area contributed by atoms with Crippen LogP contribution in [0.3, 0.4) is 0 Å². The van der Waals surface area contributed by atoms with E-state index in [1.165, 1.54) is 0 Å². The molecule has 1 unspecified atom stereocenters. The van der Waals surface area contributed by atoms with Gasteiger partial charge in [-0.1, -0.05) is 0 Å². The molecule has 1 N–H and O–H groups in total. The molecule has 0 radical (unpaired) electrons. The van der Waals surface area contributed by atoms with Gasteiger partial charge < -0.3 is 18.5 Å². The maximum atomic E-state index is 12.4. The number of hydrogen-bond donors (Lipinski definition) is 1. The largest absolute Gasteiger partial charge is 0.369 e. The van der Waals surface area contributed by atoms with Crippen LogP contribution in [0.4, 0.5) is 5.95 Å². The molecule has 0 aliphatic rings. The van der Waals surface area contributed by atoms with E-state index in [4.69, 9.17) is 14.3 Å². The van der Waals surface area contributed by atoms with Crippen molar-refractivity contribution in [2.24, 2.45) is 4.99 Å². The van der Waals surface area contributed by atoms with Gasteiger partial charge in [0, 0.05) is 26.2 Å². The van der Waals surface area contributed by atoms with Gasteiger partial charge in [0.15, 0.2) is 11.2 Å². The molecule has 2 heterocycles. The first-order valence-electron chi connectivity index (χ1n) is 10.5. The van der Waals surface area contributed by atoms with Crippen LogP contribution in [0.15, 0.2) is 16.1 Å². The van der Waals surface area contributed by atoms with E-state index in [2.05, 4.69) is 58.4 Å². The molecule has 0 aliphatic carbocycles. The van der Waals surface area contributed by atoms with Gasteiger partial charge in [-0.3, -0.25) is 9.78 Å². The summed E-state index contributed by atoms with van der Waals surface area (Å²) in [5, 5.41) is 8.87. The molecule has 11 nitrogen and oxygen atoms in total. The minimum Gasteiger partial charge on any atom is -0.369 e. The number of imidazole rings is 1. The van der Waals surface area contributed by atoms with Crippen LogP contribution >= 0.6 is 8.53 Å². The molecular formula is C20H33N8O3P. The second kappa shape index (κ2) is 12.0. The van der Waals surface area contributed by atoms with Gasteiger partial charge in [-0.2, -0.15) is 10.2 Å². The van der Waals surface area contributed by atoms with Gasteiger partial charge in [0.25, 0.3) is 14.1 Å². The summed E-state index contributed by atoms with van der Waals surface area (Å²) in [7, 11) is 2.29. The lowest BCUT2D eigenvalue weighted by Crippen LogP contribution is -2.34. The van der Waals surface area contributed by atoms with Crippen LogP contribution in [0, 0.1) is 11.3 Å². The highest BCUT2D eigenvalue weighted by Crippen LogP contribution is 2.47. The SMILES string of the molecule is CC(C)N(C(C)C)P(OCCC#N)O[C@H](C)Cn1cnc2c(=O)[nH]c(/N=C/N(C)C)nc21. The minimum absolute atomic E-state index is 0.208. The highest BCUT2D eigenvalue weighted by molar-refractivity contribution is 7.44. The van der Waals surface area contributed by atoms with Crippen LogP contribution in [-0.2, 0) is 15.6 Å². The zero-order valence-corrected chi connectivity index (χ0v) is 20.7. The predicted molar refractivity (Wildman–Crippen MR) is 126 cm³/mol. The van der Waals surface area contributed by atoms with Crippen LogP contribution in [0.5, 0.6) is 0 Å². The first kappa shape index (κ1) is 25.9. The lowest BCUT2D eigenvalue weighted by atomic mass is 10.3. The zero-order chi connectivity index (χ0) is 23.8. The van der Waals surface area contributed by atoms with Crippen LogP contribution in [-0.4, -0.2) is 74.3 Å². The van der Waals surface area contributed by atoms with Crippen molar-refractivity contribution in [3.8, 4) is 6.07 Å². The predicted octanol–water partition coefficient (Wildman–Crippen LogP) is 3.02. The lowest BCUT2D eigenvalue weighted by Gasteiger charge is -2.36. The van der Waals surface area contributed by atoms with E-state index in [1.54, 1.807) is 22.1 Å². The fraction of sp³-hybridized carbons (Fsp3) is 0.650. The third-order valence-electron chi connectivity index (χ3n) is 4.26. The molecule has 0 bridgehead atoms. The second-order valence-electron chi connectivity index (χ2n) is 8.13. The molecule has 0 amide bonds. The van der Waals surface area contributed by atoms with Gasteiger partial charge in [-0.15, -0.1) is 0 Å². The number of nitrogens with zero attached hydrogens (tertiary/aromatic N) is 7. The van der Waals surface area contributed by atoms with E-state index in [-0.39, 0.29) is 35.2 Å². The van der Waals surface area contributed by atoms with E-state index in [9.17, 15) is 4.79 Å². The summed E-state index contributed by atoms with van der Waals surface area (Å²) in [5.41, 5.74) is 0.343. The van der Waals surface area contributed by atoms with Crippen molar-refractivity contribution in [2.75, 3.05) is 20.7 Å². The fourth-order valence-corrected chi connectivity index (χ4v) is 4.75. The van der Waals surface area contributed by atoms with E-state index in [0.29, 0.717) is 25.2 Å². The summed E-state index contributed by atoms with van der Waals surface area (Å²) >= 11 is 0. The Bertz CT molecular complexity index is 987. The maximum Gasteiger partial charge on any atom is 0.280 e. The Labute approximate surface area is 190 Å². The number of fused-ring (bicyclic) bond motifs is 1. The van der Waals surface area contributed by atoms with Crippen molar-refractivity contribution in [2.45, 2.75) is 65.8 Å². The summed E-state index contributed by atoms with van der Waals surface area (Å²) < 4.78 is 16.2. The molecule has 0 spiro atoms. The second-order valence-corrected chi connectivity index (χ2v) is 9.54. The third kappa shape index (κ3) is 7.07. The summed E-state index contributed by atoms with van der Waals surface area (Å²) in [6, 6.07) is 2.52. The lowest BCUT2D eigenvalue weighted by molar-refractivity contribution is 0.132. The number of H-pyrrole nitrogens is 1. The first-order chi connectivity index (χ1) is 15.1. The minimum atomic E-state index is -1.37. The van der Waals surface area contributed by atoms with E-state index >= 15 is 0 Å². The Kier molecular flexibility index (Phi) is 9.72. The van der Waals surface area contributed by atoms with Gasteiger partial charge in [0.2, 0.25) is 5.95 Å². The number of rotatable bonds is 12. The van der Waals surface area contributed by atoms with E-state index < -0.39 is 8.53 Å². The third-order valence-corrected chi connectivity index (χ3v) is 6.50. The standard InChI is InChI=1S/C20H33N8O3P/c1-14(2)28(15(3)4)32(30-10-8-9-21)31-16(5)11-27-13-22-17-18(27)24-20(25-19(17)29)23-12-26(6)7/h12-16H,8,10-11H2,1-7H3,(H,24,25,29)/b23-12+/t16-,32?/m1/s1. The summed E-state index contributed by atoms with van der Waals surface area (Å²) in [4.78, 5) is 29.6. The number of aliphatic imine (C=N–C) groups is 1. The van der Waals surface area contributed by atoms with Crippen LogP contribution in [0.1, 0.15) is 41.0 Å². The number of aromatic nitrogens is 4. The molecule has 2 aromatic rings. The molecule has 32 heavy (non-hydrogen) atoms. The molecular weight excluding hydrogens is 431 g/mol. The highest BCUT2D eigenvalue weighted by Gasteiger charge is 2.29. The van der Waals surface area contributed by atoms with Crippen molar-refractivity contribution in [3.63, 3.8) is 0 Å². The molecule has 176 valence electrons. The molecule has 0 aromatic carbocycles. The van der Waals surface area contributed by atoms with Crippen molar-refractivity contribution < 1.29 is 9.05 Å². The molecule has 2 aromatic heterocycles. The Morgan fingerprint density at radius 3 is 2.59 bits per heavy atom. The maximum absolute atomic E-state index is 12.4. The smallest absolute Gasteiger partial charge is 0.280 e. The molecule has 2 atom stereocenters. The van der Waals surface area contributed by atoms with Gasteiger partial charge in [0.05, 0.1) is 44.4 Å². The first-order valence-corrected chi connectivity index (χ1v) is 11.7. The molecule has 0 aliphatic heterocycles. The van der Waals surface area contributed by atoms with E-state index in [0.717, 1.165) is 0 Å². The Morgan fingerprint density at radius 1 is 1.31 bits per heavy atom. The molecule has 12 heteroatoms. The number of nitrogens with one attached hydrogen (secondary N) is 1. The Balaban J connectivity index is 2.24. The van der Waals surface area contributed by atoms with Crippen molar-refractivity contribution in [1.29, 1.82) is 5.26 Å². The normalized spacial score (nSPS) is 14.0. The Morgan fingerprint density at radius 2 is 2.00 bits per heavy atom. The number of nitriles is 1. The molecule has 2 rings (SSSR count).